The first kappa shape index (κ1) is 27.0. The number of nitrogens with two attached hydrogens (primary N) is 1. The van der Waals surface area contributed by atoms with E-state index in [1.54, 1.807) is 7.11 Å². The van der Waals surface area contributed by atoms with Gasteiger partial charge in [-0.25, -0.2) is 0 Å². The molecular formula is C29H34N6O3. The highest BCUT2D eigenvalue weighted by Gasteiger charge is 2.13. The molecule has 198 valence electrons. The van der Waals surface area contributed by atoms with Crippen LogP contribution >= 0.6 is 0 Å². The van der Waals surface area contributed by atoms with Gasteiger partial charge in [0.2, 0.25) is 11.9 Å². The molecule has 0 unspecified atom stereocenters. The summed E-state index contributed by atoms with van der Waals surface area (Å²) in [6.45, 7) is 3.64. The third-order valence-corrected chi connectivity index (χ3v) is 5.66. The van der Waals surface area contributed by atoms with E-state index in [1.807, 2.05) is 60.7 Å². The average molecular weight is 515 g/mol. The Kier molecular flexibility index (Phi) is 10.4. The second-order valence-electron chi connectivity index (χ2n) is 8.36. The number of hydrogen-bond acceptors (Lipinski definition) is 9. The number of hydrogen-bond donors (Lipinski definition) is 3. The minimum absolute atomic E-state index is 0.470. The van der Waals surface area contributed by atoms with Gasteiger partial charge in [-0.05, 0) is 28.8 Å². The summed E-state index contributed by atoms with van der Waals surface area (Å²) in [7, 11) is 1.65. The van der Waals surface area contributed by atoms with Crippen molar-refractivity contribution in [3.05, 3.63) is 84.4 Å². The van der Waals surface area contributed by atoms with Crippen LogP contribution < -0.4 is 21.1 Å². The summed E-state index contributed by atoms with van der Waals surface area (Å²) in [5.41, 5.74) is 9.57. The van der Waals surface area contributed by atoms with E-state index in [-0.39, 0.29) is 0 Å². The highest BCUT2D eigenvalue weighted by Crippen LogP contribution is 2.30. The fourth-order valence-electron chi connectivity index (χ4n) is 3.77. The van der Waals surface area contributed by atoms with Gasteiger partial charge in [0.25, 0.3) is 0 Å². The topological polar surface area (TPSA) is 116 Å². The molecule has 1 aromatic heterocycles. The Hall–Kier alpha value is -4.05. The first-order chi connectivity index (χ1) is 18.8. The van der Waals surface area contributed by atoms with Crippen molar-refractivity contribution in [2.75, 3.05) is 57.3 Å². The molecule has 0 atom stereocenters. The van der Waals surface area contributed by atoms with Crippen LogP contribution in [-0.4, -0.2) is 61.6 Å². The Balaban J connectivity index is 1.52. The second-order valence-corrected chi connectivity index (χ2v) is 8.36. The Morgan fingerprint density at radius 2 is 1.34 bits per heavy atom. The van der Waals surface area contributed by atoms with Crippen LogP contribution in [0.5, 0.6) is 5.75 Å². The van der Waals surface area contributed by atoms with E-state index in [9.17, 15) is 0 Å². The zero-order valence-electron chi connectivity index (χ0n) is 21.6. The summed E-state index contributed by atoms with van der Waals surface area (Å²) in [6.07, 6.45) is 0. The lowest BCUT2D eigenvalue weighted by atomic mass is 9.99. The highest BCUT2D eigenvalue weighted by atomic mass is 16.5. The van der Waals surface area contributed by atoms with Gasteiger partial charge in [-0.15, -0.1) is 0 Å². The van der Waals surface area contributed by atoms with Crippen molar-refractivity contribution in [1.29, 1.82) is 0 Å². The van der Waals surface area contributed by atoms with Crippen LogP contribution in [0.15, 0.2) is 78.9 Å². The van der Waals surface area contributed by atoms with Gasteiger partial charge in [-0.2, -0.15) is 15.0 Å². The fraction of sp³-hybridized carbons (Fsp3) is 0.276. The van der Waals surface area contributed by atoms with E-state index in [2.05, 4.69) is 33.8 Å². The predicted molar refractivity (Wildman–Crippen MR) is 150 cm³/mol. The number of rotatable bonds is 15. The average Bonchev–Trinajstić information content (AvgIpc) is 2.98. The summed E-state index contributed by atoms with van der Waals surface area (Å²) in [5, 5.41) is 6.60. The molecule has 38 heavy (non-hydrogen) atoms. The molecule has 0 aliphatic carbocycles. The van der Waals surface area contributed by atoms with Gasteiger partial charge in [0.05, 0.1) is 33.5 Å². The summed E-state index contributed by atoms with van der Waals surface area (Å²) in [6, 6.07) is 26.2. The first-order valence-corrected chi connectivity index (χ1v) is 12.6. The number of nitrogens with zero attached hydrogens (tertiary/aromatic N) is 3. The lowest BCUT2D eigenvalue weighted by Gasteiger charge is -2.13. The van der Waals surface area contributed by atoms with Gasteiger partial charge in [0.15, 0.2) is 5.82 Å². The number of anilines is 2. The standard InChI is InChI=1S/C29H34N6O3/c1-36-24-13-11-22(12-14-24)21-32-29-34-27(26-10-6-5-9-25(26)23-7-3-2-4-8-23)33-28(35-29)31-16-18-38-20-19-37-17-15-30/h2-14H,15-21,30H2,1H3,(H2,31,32,33,34,35). The Labute approximate surface area is 223 Å². The molecule has 0 fully saturated rings. The molecular weight excluding hydrogens is 480 g/mol. The monoisotopic (exact) mass is 514 g/mol. The van der Waals surface area contributed by atoms with E-state index in [4.69, 9.17) is 29.9 Å². The fourth-order valence-corrected chi connectivity index (χ4v) is 3.77. The van der Waals surface area contributed by atoms with Gasteiger partial charge in [-0.3, -0.25) is 0 Å². The highest BCUT2D eigenvalue weighted by molar-refractivity contribution is 5.81. The van der Waals surface area contributed by atoms with Crippen molar-refractivity contribution in [2.24, 2.45) is 5.73 Å². The third kappa shape index (κ3) is 7.97. The van der Waals surface area contributed by atoms with Crippen LogP contribution in [-0.2, 0) is 16.0 Å². The molecule has 1 heterocycles. The molecule has 0 bridgehead atoms. The maximum absolute atomic E-state index is 5.62. The van der Waals surface area contributed by atoms with Crippen LogP contribution in [0.3, 0.4) is 0 Å². The van der Waals surface area contributed by atoms with Crippen LogP contribution in [0, 0.1) is 0 Å². The van der Waals surface area contributed by atoms with E-state index in [1.165, 1.54) is 0 Å². The molecule has 0 saturated heterocycles. The largest absolute Gasteiger partial charge is 0.497 e. The minimum atomic E-state index is 0.470. The number of methoxy groups -OCH3 is 1. The van der Waals surface area contributed by atoms with Crippen LogP contribution in [0.1, 0.15) is 5.56 Å². The van der Waals surface area contributed by atoms with E-state index in [0.717, 1.165) is 28.0 Å². The molecule has 0 aliphatic heterocycles. The van der Waals surface area contributed by atoms with Crippen molar-refractivity contribution in [2.45, 2.75) is 6.54 Å². The molecule has 3 aromatic carbocycles. The SMILES string of the molecule is COc1ccc(CNc2nc(NCCOCCOCCN)nc(-c3ccccc3-c3ccccc3)n2)cc1. The quantitative estimate of drug-likeness (QED) is 0.200. The molecule has 4 N–H and O–H groups in total. The molecule has 0 amide bonds. The zero-order valence-corrected chi connectivity index (χ0v) is 21.6. The smallest absolute Gasteiger partial charge is 0.228 e. The normalized spacial score (nSPS) is 10.8. The van der Waals surface area contributed by atoms with Crippen molar-refractivity contribution in [1.82, 2.24) is 15.0 Å². The predicted octanol–water partition coefficient (Wildman–Crippen LogP) is 4.23. The van der Waals surface area contributed by atoms with Crippen molar-refractivity contribution < 1.29 is 14.2 Å². The van der Waals surface area contributed by atoms with Crippen molar-refractivity contribution >= 4 is 11.9 Å². The zero-order chi connectivity index (χ0) is 26.4. The number of nitrogens with one attached hydrogen (secondary N) is 2. The molecule has 9 heteroatoms. The molecule has 9 nitrogen and oxygen atoms in total. The number of ether oxygens (including phenoxy) is 3. The maximum atomic E-state index is 5.62. The molecule has 0 spiro atoms. The van der Waals surface area contributed by atoms with Gasteiger partial charge in [-0.1, -0.05) is 66.7 Å². The Morgan fingerprint density at radius 1 is 0.684 bits per heavy atom. The maximum Gasteiger partial charge on any atom is 0.228 e. The van der Waals surface area contributed by atoms with Gasteiger partial charge >= 0.3 is 0 Å². The lowest BCUT2D eigenvalue weighted by molar-refractivity contribution is 0.0547. The summed E-state index contributed by atoms with van der Waals surface area (Å²) < 4.78 is 16.2. The molecule has 0 saturated carbocycles. The second kappa shape index (κ2) is 14.6. The minimum Gasteiger partial charge on any atom is -0.497 e. The lowest BCUT2D eigenvalue weighted by Crippen LogP contribution is -2.16. The van der Waals surface area contributed by atoms with E-state index >= 15 is 0 Å². The number of aromatic nitrogens is 3. The molecule has 4 rings (SSSR count). The van der Waals surface area contributed by atoms with Gasteiger partial charge < -0.3 is 30.6 Å². The molecule has 0 aliphatic rings. The Morgan fingerprint density at radius 3 is 2.05 bits per heavy atom. The summed E-state index contributed by atoms with van der Waals surface area (Å²) in [5.74, 6) is 2.34. The van der Waals surface area contributed by atoms with Gasteiger partial charge in [0, 0.05) is 25.2 Å². The van der Waals surface area contributed by atoms with Crippen LogP contribution in [0.25, 0.3) is 22.5 Å². The summed E-state index contributed by atoms with van der Waals surface area (Å²) >= 11 is 0. The molecule has 4 aromatic rings. The van der Waals surface area contributed by atoms with Crippen LogP contribution in [0.4, 0.5) is 11.9 Å². The van der Waals surface area contributed by atoms with Crippen molar-refractivity contribution in [3.63, 3.8) is 0 Å². The molecule has 0 radical (unpaired) electrons. The first-order valence-electron chi connectivity index (χ1n) is 12.6. The van der Waals surface area contributed by atoms with Crippen molar-refractivity contribution in [3.8, 4) is 28.3 Å². The third-order valence-electron chi connectivity index (χ3n) is 5.66. The van der Waals surface area contributed by atoms with E-state index < -0.39 is 0 Å². The van der Waals surface area contributed by atoms with E-state index in [0.29, 0.717) is 63.8 Å². The number of benzene rings is 3. The summed E-state index contributed by atoms with van der Waals surface area (Å²) in [4.78, 5) is 14.1. The van der Waals surface area contributed by atoms with Crippen LogP contribution in [0.2, 0.25) is 0 Å². The van der Waals surface area contributed by atoms with Gasteiger partial charge in [0.1, 0.15) is 5.75 Å². The Bertz CT molecular complexity index is 1250.